The fraction of sp³-hybridized carbons (Fsp3) is 0.143. The third-order valence-corrected chi connectivity index (χ3v) is 6.11. The number of carboxylic acids is 1. The minimum absolute atomic E-state index is 0.209. The normalized spacial score (nSPS) is 11.1. The van der Waals surface area contributed by atoms with E-state index in [1.807, 2.05) is 12.1 Å². The number of hydrogen-bond donors (Lipinski definition) is 1. The van der Waals surface area contributed by atoms with E-state index in [1.54, 1.807) is 56.7 Å². The van der Waals surface area contributed by atoms with Crippen molar-refractivity contribution in [1.29, 1.82) is 0 Å². The highest BCUT2D eigenvalue weighted by atomic mass is 79.9. The topological polar surface area (TPSA) is 103 Å². The SMILES string of the molecule is C=CCc1cc(C=Nn2c(C)nc3ccc(Br)cc3c2=O)cc(OC)c1OCc1ccc(C(=O)O)cc1. The van der Waals surface area contributed by atoms with E-state index in [4.69, 9.17) is 14.6 Å². The van der Waals surface area contributed by atoms with Gasteiger partial charge in [0.1, 0.15) is 12.4 Å². The molecule has 188 valence electrons. The molecule has 8 nitrogen and oxygen atoms in total. The van der Waals surface area contributed by atoms with E-state index in [9.17, 15) is 9.59 Å². The lowest BCUT2D eigenvalue weighted by Gasteiger charge is -2.16. The fourth-order valence-corrected chi connectivity index (χ4v) is 4.16. The van der Waals surface area contributed by atoms with Gasteiger partial charge in [-0.1, -0.05) is 34.1 Å². The minimum Gasteiger partial charge on any atom is -0.493 e. The van der Waals surface area contributed by atoms with Crippen molar-refractivity contribution in [2.75, 3.05) is 7.11 Å². The number of methoxy groups -OCH3 is 1. The lowest BCUT2D eigenvalue weighted by atomic mass is 10.1. The Morgan fingerprint density at radius 1 is 1.19 bits per heavy atom. The molecular weight excluding hydrogens is 538 g/mol. The van der Waals surface area contributed by atoms with Gasteiger partial charge in [0.15, 0.2) is 11.5 Å². The van der Waals surface area contributed by atoms with Gasteiger partial charge in [-0.05, 0) is 66.9 Å². The number of aryl methyl sites for hydroxylation is 1. The van der Waals surface area contributed by atoms with Crippen LogP contribution in [0.5, 0.6) is 11.5 Å². The number of aromatic nitrogens is 2. The van der Waals surface area contributed by atoms with Crippen LogP contribution < -0.4 is 15.0 Å². The van der Waals surface area contributed by atoms with Crippen molar-refractivity contribution in [3.05, 3.63) is 110 Å². The highest BCUT2D eigenvalue weighted by Crippen LogP contribution is 2.34. The minimum atomic E-state index is -0.982. The van der Waals surface area contributed by atoms with Gasteiger partial charge >= 0.3 is 5.97 Å². The molecule has 0 unspecified atom stereocenters. The number of hydrogen-bond acceptors (Lipinski definition) is 6. The summed E-state index contributed by atoms with van der Waals surface area (Å²) in [7, 11) is 1.54. The first-order chi connectivity index (χ1) is 17.8. The van der Waals surface area contributed by atoms with Gasteiger partial charge in [-0.15, -0.1) is 6.58 Å². The molecule has 3 aromatic carbocycles. The van der Waals surface area contributed by atoms with Gasteiger partial charge in [-0.3, -0.25) is 4.79 Å². The first-order valence-electron chi connectivity index (χ1n) is 11.3. The van der Waals surface area contributed by atoms with E-state index in [0.29, 0.717) is 40.2 Å². The van der Waals surface area contributed by atoms with Gasteiger partial charge < -0.3 is 14.6 Å². The number of nitrogens with zero attached hydrogens (tertiary/aromatic N) is 3. The summed E-state index contributed by atoms with van der Waals surface area (Å²) in [5.41, 5.74) is 2.88. The molecule has 0 aliphatic carbocycles. The molecule has 9 heteroatoms. The lowest BCUT2D eigenvalue weighted by molar-refractivity contribution is 0.0697. The smallest absolute Gasteiger partial charge is 0.335 e. The second kappa shape index (κ2) is 11.2. The van der Waals surface area contributed by atoms with Crippen LogP contribution in [0.2, 0.25) is 0 Å². The van der Waals surface area contributed by atoms with Crippen molar-refractivity contribution in [3.8, 4) is 11.5 Å². The Morgan fingerprint density at radius 2 is 1.95 bits per heavy atom. The predicted octanol–water partition coefficient (Wildman–Crippen LogP) is 5.36. The van der Waals surface area contributed by atoms with Crippen LogP contribution in [0.25, 0.3) is 10.9 Å². The summed E-state index contributed by atoms with van der Waals surface area (Å²) in [6.07, 6.45) is 3.84. The molecule has 0 saturated carbocycles. The summed E-state index contributed by atoms with van der Waals surface area (Å²) in [5.74, 6) is 0.521. The molecule has 0 saturated heterocycles. The zero-order valence-corrected chi connectivity index (χ0v) is 21.9. The molecule has 37 heavy (non-hydrogen) atoms. The molecule has 0 atom stereocenters. The Hall–Kier alpha value is -4.24. The number of rotatable bonds is 9. The van der Waals surface area contributed by atoms with Crippen LogP contribution in [0.1, 0.15) is 32.9 Å². The largest absolute Gasteiger partial charge is 0.493 e. The predicted molar refractivity (Wildman–Crippen MR) is 146 cm³/mol. The number of carbonyl (C=O) groups is 1. The molecule has 0 radical (unpaired) electrons. The molecule has 1 aromatic heterocycles. The molecule has 4 aromatic rings. The first-order valence-corrected chi connectivity index (χ1v) is 12.1. The quantitative estimate of drug-likeness (QED) is 0.218. The summed E-state index contributed by atoms with van der Waals surface area (Å²) in [6.45, 7) is 5.79. The number of carboxylic acid groups (broad SMARTS) is 1. The van der Waals surface area contributed by atoms with Gasteiger partial charge in [0.2, 0.25) is 0 Å². The number of benzene rings is 3. The molecule has 0 bridgehead atoms. The average Bonchev–Trinajstić information content (AvgIpc) is 2.88. The Kier molecular flexibility index (Phi) is 7.83. The van der Waals surface area contributed by atoms with E-state index in [-0.39, 0.29) is 17.7 Å². The van der Waals surface area contributed by atoms with Crippen molar-refractivity contribution >= 4 is 39.0 Å². The van der Waals surface area contributed by atoms with E-state index in [1.165, 1.54) is 16.8 Å². The van der Waals surface area contributed by atoms with Gasteiger partial charge in [0.25, 0.3) is 5.56 Å². The fourth-order valence-electron chi connectivity index (χ4n) is 3.80. The van der Waals surface area contributed by atoms with Crippen molar-refractivity contribution in [2.24, 2.45) is 5.10 Å². The third-order valence-electron chi connectivity index (χ3n) is 5.61. The third kappa shape index (κ3) is 5.78. The van der Waals surface area contributed by atoms with Crippen LogP contribution >= 0.6 is 15.9 Å². The molecule has 0 amide bonds. The maximum Gasteiger partial charge on any atom is 0.335 e. The standard InChI is InChI=1S/C28H24BrN3O5/c1-4-5-21-12-19(15-30-32-17(2)31-24-11-10-22(29)14-23(24)27(32)33)13-25(36-3)26(21)37-16-18-6-8-20(9-7-18)28(34)35/h4,6-15H,1,5,16H2,2-3H3,(H,34,35). The second-order valence-electron chi connectivity index (χ2n) is 8.18. The van der Waals surface area contributed by atoms with Crippen LogP contribution in [0.3, 0.4) is 0 Å². The Bertz CT molecular complexity index is 1580. The van der Waals surface area contributed by atoms with E-state index >= 15 is 0 Å². The van der Waals surface area contributed by atoms with Crippen LogP contribution in [0, 0.1) is 6.92 Å². The molecule has 0 spiro atoms. The van der Waals surface area contributed by atoms with Crippen LogP contribution in [0.4, 0.5) is 0 Å². The second-order valence-corrected chi connectivity index (χ2v) is 9.09. The van der Waals surface area contributed by atoms with Crippen molar-refractivity contribution in [3.63, 3.8) is 0 Å². The summed E-state index contributed by atoms with van der Waals surface area (Å²) >= 11 is 3.40. The summed E-state index contributed by atoms with van der Waals surface area (Å²) in [5, 5.41) is 14.0. The number of allylic oxidation sites excluding steroid dienone is 1. The van der Waals surface area contributed by atoms with Crippen LogP contribution in [-0.4, -0.2) is 34.1 Å². The van der Waals surface area contributed by atoms with Crippen molar-refractivity contribution < 1.29 is 19.4 Å². The summed E-state index contributed by atoms with van der Waals surface area (Å²) < 4.78 is 13.7. The van der Waals surface area contributed by atoms with E-state index in [0.717, 1.165) is 15.6 Å². The molecule has 4 rings (SSSR count). The van der Waals surface area contributed by atoms with Gasteiger partial charge in [-0.2, -0.15) is 9.78 Å². The van der Waals surface area contributed by atoms with Crippen LogP contribution in [-0.2, 0) is 13.0 Å². The summed E-state index contributed by atoms with van der Waals surface area (Å²) in [6, 6.07) is 15.5. The summed E-state index contributed by atoms with van der Waals surface area (Å²) in [4.78, 5) is 28.6. The number of halogens is 1. The monoisotopic (exact) mass is 561 g/mol. The molecule has 0 fully saturated rings. The van der Waals surface area contributed by atoms with E-state index in [2.05, 4.69) is 32.6 Å². The number of fused-ring (bicyclic) bond motifs is 1. The lowest BCUT2D eigenvalue weighted by Crippen LogP contribution is -2.20. The van der Waals surface area contributed by atoms with E-state index < -0.39 is 5.97 Å². The highest BCUT2D eigenvalue weighted by Gasteiger charge is 2.14. The maximum atomic E-state index is 13.0. The van der Waals surface area contributed by atoms with Gasteiger partial charge in [0.05, 0.1) is 29.8 Å². The van der Waals surface area contributed by atoms with Gasteiger partial charge in [-0.25, -0.2) is 9.78 Å². The van der Waals surface area contributed by atoms with Gasteiger partial charge in [0, 0.05) is 10.0 Å². The van der Waals surface area contributed by atoms with Crippen molar-refractivity contribution in [1.82, 2.24) is 9.66 Å². The number of ether oxygens (including phenoxy) is 2. The first kappa shape index (κ1) is 25.8. The molecular formula is C28H24BrN3O5. The zero-order valence-electron chi connectivity index (χ0n) is 20.3. The van der Waals surface area contributed by atoms with Crippen LogP contribution in [0.15, 0.2) is 81.6 Å². The maximum absolute atomic E-state index is 13.0. The Morgan fingerprint density at radius 3 is 2.62 bits per heavy atom. The molecule has 1 N–H and O–H groups in total. The molecule has 1 heterocycles. The highest BCUT2D eigenvalue weighted by molar-refractivity contribution is 9.10. The molecule has 0 aliphatic heterocycles. The Labute approximate surface area is 221 Å². The zero-order chi connectivity index (χ0) is 26.5. The van der Waals surface area contributed by atoms with Crippen molar-refractivity contribution in [2.45, 2.75) is 20.0 Å². The average molecular weight is 562 g/mol. The molecule has 0 aliphatic rings. The Balaban J connectivity index is 1.66. The number of aromatic carboxylic acids is 1.